The number of rotatable bonds is 5. The normalized spacial score (nSPS) is 8.79. The van der Waals surface area contributed by atoms with Gasteiger partial charge in [-0.1, -0.05) is 111 Å². The van der Waals surface area contributed by atoms with Gasteiger partial charge in [-0.3, -0.25) is 5.10 Å². The van der Waals surface area contributed by atoms with E-state index in [2.05, 4.69) is 71.3 Å². The van der Waals surface area contributed by atoms with Crippen molar-refractivity contribution in [3.63, 3.8) is 0 Å². The molecule has 0 aliphatic heterocycles. The minimum atomic E-state index is 0.457. The lowest BCUT2D eigenvalue weighted by Gasteiger charge is -1.93. The molecule has 2 aromatic heterocycles. The van der Waals surface area contributed by atoms with Crippen molar-refractivity contribution in [3.05, 3.63) is 48.4 Å². The Morgan fingerprint density at radius 3 is 1.90 bits per heavy atom. The Morgan fingerprint density at radius 1 is 0.828 bits per heavy atom. The van der Waals surface area contributed by atoms with E-state index in [-0.39, 0.29) is 0 Å². The number of fused-ring (bicyclic) bond motifs is 1. The number of H-pyrrole nitrogens is 1. The molecule has 164 valence electrons. The lowest BCUT2D eigenvalue weighted by atomic mass is 10.1. The minimum Gasteiger partial charge on any atom is -0.383 e. The van der Waals surface area contributed by atoms with E-state index in [9.17, 15) is 0 Å². The molecule has 0 saturated carbocycles. The molecule has 0 radical (unpaired) electrons. The van der Waals surface area contributed by atoms with Crippen LogP contribution in [0, 0.1) is 0 Å². The second-order valence-corrected chi connectivity index (χ2v) is 5.83. The van der Waals surface area contributed by atoms with Gasteiger partial charge < -0.3 is 5.73 Å². The molecule has 29 heavy (non-hydrogen) atoms. The summed E-state index contributed by atoms with van der Waals surface area (Å²) >= 11 is 0. The van der Waals surface area contributed by atoms with Gasteiger partial charge in [0.1, 0.15) is 12.1 Å². The van der Waals surface area contributed by atoms with Gasteiger partial charge in [-0.2, -0.15) is 5.10 Å². The van der Waals surface area contributed by atoms with Crippen LogP contribution in [0.2, 0.25) is 0 Å². The molecule has 0 spiro atoms. The summed E-state index contributed by atoms with van der Waals surface area (Å²) in [7, 11) is 0. The second-order valence-electron chi connectivity index (χ2n) is 5.83. The highest BCUT2D eigenvalue weighted by Crippen LogP contribution is 2.11. The van der Waals surface area contributed by atoms with E-state index in [1.807, 2.05) is 27.7 Å². The van der Waals surface area contributed by atoms with Crippen molar-refractivity contribution in [1.82, 2.24) is 20.2 Å². The fourth-order valence-corrected chi connectivity index (χ4v) is 2.22. The zero-order chi connectivity index (χ0) is 22.3. The molecule has 3 rings (SSSR count). The van der Waals surface area contributed by atoms with Crippen molar-refractivity contribution in [3.8, 4) is 0 Å². The van der Waals surface area contributed by atoms with Gasteiger partial charge in [-0.25, -0.2) is 9.97 Å². The third-order valence-corrected chi connectivity index (χ3v) is 3.62. The maximum atomic E-state index is 5.49. The first-order chi connectivity index (χ1) is 14.2. The smallest absolute Gasteiger partial charge is 0.160 e. The predicted molar refractivity (Wildman–Crippen MR) is 129 cm³/mol. The molecule has 5 nitrogen and oxygen atoms in total. The van der Waals surface area contributed by atoms with E-state index in [1.54, 1.807) is 6.20 Å². The molecule has 0 aliphatic carbocycles. The van der Waals surface area contributed by atoms with Gasteiger partial charge in [0.05, 0.1) is 11.6 Å². The Kier molecular flexibility index (Phi) is 21.7. The van der Waals surface area contributed by atoms with Crippen LogP contribution in [0.5, 0.6) is 0 Å². The first-order valence-corrected chi connectivity index (χ1v) is 11.2. The van der Waals surface area contributed by atoms with Crippen LogP contribution in [0.15, 0.2) is 42.9 Å². The van der Waals surface area contributed by atoms with E-state index in [0.29, 0.717) is 11.5 Å². The molecule has 0 unspecified atom stereocenters. The maximum Gasteiger partial charge on any atom is 0.160 e. The number of nitrogens with zero attached hydrogens (tertiary/aromatic N) is 3. The fraction of sp³-hybridized carbons (Fsp3) is 0.542. The van der Waals surface area contributed by atoms with Gasteiger partial charge in [-0.15, -0.1) is 0 Å². The van der Waals surface area contributed by atoms with Crippen LogP contribution >= 0.6 is 0 Å². The van der Waals surface area contributed by atoms with Crippen molar-refractivity contribution in [2.75, 3.05) is 5.73 Å². The maximum absolute atomic E-state index is 5.49. The molecule has 1 aromatic carbocycles. The van der Waals surface area contributed by atoms with Crippen LogP contribution < -0.4 is 5.73 Å². The van der Waals surface area contributed by atoms with Gasteiger partial charge >= 0.3 is 0 Å². The monoisotopic (exact) mass is 401 g/mol. The molecule has 5 heteroatoms. The summed E-state index contributed by atoms with van der Waals surface area (Å²) < 4.78 is 0. The number of anilines is 1. The zero-order valence-corrected chi connectivity index (χ0v) is 19.7. The highest BCUT2D eigenvalue weighted by atomic mass is 15.1. The minimum absolute atomic E-state index is 0.457. The van der Waals surface area contributed by atoms with E-state index in [1.165, 1.54) is 50.4 Å². The number of unbranched alkanes of at least 4 members (excludes halogenated alkanes) is 3. The molecule has 3 aromatic rings. The van der Waals surface area contributed by atoms with Crippen molar-refractivity contribution < 1.29 is 0 Å². The van der Waals surface area contributed by atoms with Crippen molar-refractivity contribution in [1.29, 1.82) is 0 Å². The molecule has 3 N–H and O–H groups in total. The number of nitrogens with one attached hydrogen (secondary N) is 1. The van der Waals surface area contributed by atoms with Crippen LogP contribution in [-0.4, -0.2) is 20.2 Å². The zero-order valence-electron chi connectivity index (χ0n) is 19.7. The Bertz CT molecular complexity index is 676. The van der Waals surface area contributed by atoms with E-state index in [4.69, 9.17) is 5.73 Å². The first-order valence-electron chi connectivity index (χ1n) is 11.2. The molecule has 0 saturated heterocycles. The van der Waals surface area contributed by atoms with Gasteiger partial charge in [-0.05, 0) is 12.0 Å². The van der Waals surface area contributed by atoms with Crippen molar-refractivity contribution in [2.24, 2.45) is 0 Å². The van der Waals surface area contributed by atoms with Crippen LogP contribution in [0.3, 0.4) is 0 Å². The topological polar surface area (TPSA) is 80.5 Å². The average Bonchev–Trinajstić information content (AvgIpc) is 3.27. The standard InChI is InChI=1S/C9H12.C6H14.C5H5N5.2C2H6/c1-2-6-9-7-4-3-5-8-9;1-3-5-6-4-2;6-4-3-1-9-10-5(3)8-2-7-4;2*1-2/h3-5,7-8H,2,6H2,1H3;3-6H2,1-2H3;1-2H,(H3,6,7,8,9,10);2*1-2H3. The van der Waals surface area contributed by atoms with Crippen molar-refractivity contribution >= 4 is 16.9 Å². The summed E-state index contributed by atoms with van der Waals surface area (Å²) in [5.74, 6) is 0.457. The number of nitrogens with two attached hydrogens (primary N) is 1. The molecule has 2 heterocycles. The molecule has 0 fully saturated rings. The van der Waals surface area contributed by atoms with Crippen LogP contribution in [-0.2, 0) is 6.42 Å². The third kappa shape index (κ3) is 14.3. The van der Waals surface area contributed by atoms with Crippen LogP contribution in [0.4, 0.5) is 5.82 Å². The predicted octanol–water partition coefficient (Wildman–Crippen LogP) is 7.21. The number of aromatic nitrogens is 4. The van der Waals surface area contributed by atoms with Crippen LogP contribution in [0.25, 0.3) is 11.0 Å². The SMILES string of the molecule is CC.CC.CCCCCC.CCCc1ccccc1.Nc1ncnc2[nH]ncc12. The third-order valence-electron chi connectivity index (χ3n) is 3.62. The van der Waals surface area contributed by atoms with Crippen molar-refractivity contribution in [2.45, 2.75) is 87.0 Å². The Morgan fingerprint density at radius 2 is 1.41 bits per heavy atom. The molecular weight excluding hydrogens is 358 g/mol. The Hall–Kier alpha value is -2.43. The fourth-order valence-electron chi connectivity index (χ4n) is 2.22. The molecule has 0 amide bonds. The Labute approximate surface area is 178 Å². The summed E-state index contributed by atoms with van der Waals surface area (Å²) in [6.07, 6.45) is 11.0. The molecule has 0 atom stereocenters. The number of nitrogen functional groups attached to an aromatic ring is 1. The number of aryl methyl sites for hydroxylation is 1. The summed E-state index contributed by atoms with van der Waals surface area (Å²) in [6.45, 7) is 14.7. The Balaban J connectivity index is 0. The quantitative estimate of drug-likeness (QED) is 0.442. The molecular formula is C24H43N5. The average molecular weight is 402 g/mol. The lowest BCUT2D eigenvalue weighted by molar-refractivity contribution is 0.702. The summed E-state index contributed by atoms with van der Waals surface area (Å²) in [5, 5.41) is 7.20. The summed E-state index contributed by atoms with van der Waals surface area (Å²) in [5.41, 5.74) is 7.61. The van der Waals surface area contributed by atoms with Gasteiger partial charge in [0, 0.05) is 0 Å². The highest BCUT2D eigenvalue weighted by Gasteiger charge is 1.98. The van der Waals surface area contributed by atoms with Gasteiger partial charge in [0.25, 0.3) is 0 Å². The number of aromatic amines is 1. The second kappa shape index (κ2) is 21.9. The highest BCUT2D eigenvalue weighted by molar-refractivity contribution is 5.83. The van der Waals surface area contributed by atoms with Gasteiger partial charge in [0.15, 0.2) is 5.65 Å². The van der Waals surface area contributed by atoms with Crippen LogP contribution in [0.1, 0.15) is 86.1 Å². The number of hydrogen-bond acceptors (Lipinski definition) is 4. The van der Waals surface area contributed by atoms with E-state index in [0.717, 1.165) is 5.39 Å². The van der Waals surface area contributed by atoms with E-state index < -0.39 is 0 Å². The largest absolute Gasteiger partial charge is 0.383 e. The number of hydrogen-bond donors (Lipinski definition) is 2. The van der Waals surface area contributed by atoms with Gasteiger partial charge in [0.2, 0.25) is 0 Å². The molecule has 0 bridgehead atoms. The number of benzene rings is 1. The molecule has 0 aliphatic rings. The lowest BCUT2D eigenvalue weighted by Crippen LogP contribution is -1.90. The van der Waals surface area contributed by atoms with E-state index >= 15 is 0 Å². The first kappa shape index (κ1) is 28.8. The summed E-state index contributed by atoms with van der Waals surface area (Å²) in [4.78, 5) is 7.68. The summed E-state index contributed by atoms with van der Waals surface area (Å²) in [6, 6.07) is 10.6.